The third-order valence-electron chi connectivity index (χ3n) is 1.95. The molecule has 0 aliphatic carbocycles. The molecule has 7 heteroatoms. The van der Waals surface area contributed by atoms with Gasteiger partial charge in [0.2, 0.25) is 0 Å². The Balaban J connectivity index is 2.76. The summed E-state index contributed by atoms with van der Waals surface area (Å²) in [6, 6.07) is 0. The quantitative estimate of drug-likeness (QED) is 0.491. The van der Waals surface area contributed by atoms with E-state index in [2.05, 4.69) is 19.9 Å². The Morgan fingerprint density at radius 1 is 1.21 bits per heavy atom. The van der Waals surface area contributed by atoms with Gasteiger partial charge >= 0.3 is 5.69 Å². The number of rotatable bonds is 0. The molecule has 0 bridgehead atoms. The average molecular weight is 208 g/mol. The fraction of sp³-hybridized carbons (Fsp3) is 0. The number of nitrogens with zero attached hydrogens (tertiary/aromatic N) is 1. The van der Waals surface area contributed by atoms with Crippen molar-refractivity contribution in [3.8, 4) is 0 Å². The van der Waals surface area contributed by atoms with Gasteiger partial charge in [-0.25, -0.2) is 9.78 Å². The zero-order chi connectivity index (χ0) is 9.71. The second kappa shape index (κ2) is 2.32. The van der Waals surface area contributed by atoms with Gasteiger partial charge in [0.1, 0.15) is 15.0 Å². The molecule has 3 rings (SSSR count). The largest absolute Gasteiger partial charge is 0.342 e. The maximum atomic E-state index is 11.4. The molecule has 0 aliphatic heterocycles. The molecule has 6 nitrogen and oxygen atoms in total. The van der Waals surface area contributed by atoms with Crippen molar-refractivity contribution in [1.29, 1.82) is 0 Å². The van der Waals surface area contributed by atoms with Gasteiger partial charge < -0.3 is 9.97 Å². The summed E-state index contributed by atoms with van der Waals surface area (Å²) in [5, 5.41) is 0. The summed E-state index contributed by atoms with van der Waals surface area (Å²) in [5.74, 6) is 0. The number of fused-ring (bicyclic) bond motifs is 3. The topological polar surface area (TPSA) is 94.4 Å². The number of aromatic amines is 3. The van der Waals surface area contributed by atoms with E-state index >= 15 is 0 Å². The summed E-state index contributed by atoms with van der Waals surface area (Å²) in [6.07, 6.45) is 1.53. The van der Waals surface area contributed by atoms with E-state index in [-0.39, 0.29) is 5.56 Å². The van der Waals surface area contributed by atoms with Gasteiger partial charge in [-0.1, -0.05) is 0 Å². The van der Waals surface area contributed by atoms with Gasteiger partial charge in [-0.2, -0.15) is 0 Å². The van der Waals surface area contributed by atoms with Crippen molar-refractivity contribution in [2.75, 3.05) is 0 Å². The number of H-pyrrole nitrogens is 3. The first-order valence-electron chi connectivity index (χ1n) is 3.84. The van der Waals surface area contributed by atoms with Crippen LogP contribution in [0.5, 0.6) is 0 Å². The Hall–Kier alpha value is -1.89. The van der Waals surface area contributed by atoms with Crippen molar-refractivity contribution in [3.63, 3.8) is 0 Å². The number of aromatic nitrogens is 4. The van der Waals surface area contributed by atoms with Crippen molar-refractivity contribution in [1.82, 2.24) is 19.9 Å². The summed E-state index contributed by atoms with van der Waals surface area (Å²) in [4.78, 5) is 34.7. The predicted molar refractivity (Wildman–Crippen MR) is 52.7 cm³/mol. The first-order valence-corrected chi connectivity index (χ1v) is 4.65. The molecule has 0 aromatic carbocycles. The fourth-order valence-corrected chi connectivity index (χ4v) is 2.34. The number of hydrogen-bond donors (Lipinski definition) is 3. The van der Waals surface area contributed by atoms with Gasteiger partial charge in [-0.15, -0.1) is 11.3 Å². The molecular weight excluding hydrogens is 204 g/mol. The lowest BCUT2D eigenvalue weighted by Gasteiger charge is -1.86. The molecule has 3 N–H and O–H groups in total. The second-order valence-electron chi connectivity index (χ2n) is 2.80. The molecule has 0 aliphatic rings. The van der Waals surface area contributed by atoms with E-state index in [0.29, 0.717) is 20.6 Å². The van der Waals surface area contributed by atoms with Crippen molar-refractivity contribution in [2.45, 2.75) is 0 Å². The molecule has 0 saturated carbocycles. The molecular formula is C7H4N4O2S. The number of nitrogens with one attached hydrogen (secondary N) is 3. The van der Waals surface area contributed by atoms with E-state index in [1.165, 1.54) is 17.7 Å². The van der Waals surface area contributed by atoms with Crippen LogP contribution in [0.3, 0.4) is 0 Å². The van der Waals surface area contributed by atoms with E-state index in [0.717, 1.165) is 0 Å². The maximum Gasteiger partial charge on any atom is 0.326 e. The molecule has 0 atom stereocenters. The minimum atomic E-state index is -0.503. The van der Waals surface area contributed by atoms with Crippen LogP contribution in [0.4, 0.5) is 0 Å². The summed E-state index contributed by atoms with van der Waals surface area (Å²) in [7, 11) is 0. The Morgan fingerprint density at radius 3 is 2.93 bits per heavy atom. The van der Waals surface area contributed by atoms with Crippen LogP contribution in [0.15, 0.2) is 15.9 Å². The van der Waals surface area contributed by atoms with Crippen LogP contribution in [-0.2, 0) is 0 Å². The Labute approximate surface area is 79.6 Å². The number of imidazole rings is 1. The zero-order valence-electron chi connectivity index (χ0n) is 6.75. The summed E-state index contributed by atoms with van der Waals surface area (Å²) in [6.45, 7) is 0. The molecule has 70 valence electrons. The standard InChI is InChI=1S/C7H4N4O2S/c12-5-4-2(10-7(13)11-5)3-6(14-4)9-1-8-3/h1H,(H,8,9)(H2,10,11,12,13). The van der Waals surface area contributed by atoms with Gasteiger partial charge in [0.15, 0.2) is 0 Å². The third kappa shape index (κ3) is 0.814. The zero-order valence-corrected chi connectivity index (χ0v) is 7.57. The van der Waals surface area contributed by atoms with Crippen molar-refractivity contribution in [3.05, 3.63) is 27.2 Å². The average Bonchev–Trinajstić information content (AvgIpc) is 2.65. The third-order valence-corrected chi connectivity index (χ3v) is 3.05. The predicted octanol–water partition coefficient (Wildman–Crippen LogP) is 0.154. The summed E-state index contributed by atoms with van der Waals surface area (Å²) < 4.78 is 0.485. The molecule has 14 heavy (non-hydrogen) atoms. The smallest absolute Gasteiger partial charge is 0.326 e. The lowest BCUT2D eigenvalue weighted by atomic mass is 10.4. The van der Waals surface area contributed by atoms with E-state index in [1.54, 1.807) is 0 Å². The van der Waals surface area contributed by atoms with Crippen LogP contribution in [0.1, 0.15) is 0 Å². The first-order chi connectivity index (χ1) is 6.75. The molecule has 0 radical (unpaired) electrons. The highest BCUT2D eigenvalue weighted by Gasteiger charge is 2.10. The molecule has 0 spiro atoms. The molecule has 0 saturated heterocycles. The van der Waals surface area contributed by atoms with Gasteiger partial charge in [-0.3, -0.25) is 9.78 Å². The Kier molecular flexibility index (Phi) is 1.25. The van der Waals surface area contributed by atoms with Gasteiger partial charge in [0.05, 0.1) is 11.8 Å². The Morgan fingerprint density at radius 2 is 2.07 bits per heavy atom. The van der Waals surface area contributed by atoms with Crippen LogP contribution in [0.2, 0.25) is 0 Å². The molecule has 3 aromatic rings. The molecule has 0 fully saturated rings. The van der Waals surface area contributed by atoms with Crippen molar-refractivity contribution < 1.29 is 0 Å². The highest BCUT2D eigenvalue weighted by atomic mass is 32.1. The fourth-order valence-electron chi connectivity index (χ4n) is 1.38. The molecule has 0 amide bonds. The van der Waals surface area contributed by atoms with E-state index in [1.807, 2.05) is 0 Å². The molecule has 3 heterocycles. The minimum Gasteiger partial charge on any atom is -0.342 e. The monoisotopic (exact) mass is 208 g/mol. The van der Waals surface area contributed by atoms with Crippen molar-refractivity contribution in [2.24, 2.45) is 0 Å². The first kappa shape index (κ1) is 7.51. The summed E-state index contributed by atoms with van der Waals surface area (Å²) in [5.41, 5.74) is 0.349. The van der Waals surface area contributed by atoms with Gasteiger partial charge in [0.25, 0.3) is 5.56 Å². The molecule has 0 unspecified atom stereocenters. The van der Waals surface area contributed by atoms with Crippen LogP contribution < -0.4 is 11.2 Å². The normalized spacial score (nSPS) is 11.4. The van der Waals surface area contributed by atoms with Crippen molar-refractivity contribution >= 4 is 31.9 Å². The van der Waals surface area contributed by atoms with E-state index < -0.39 is 5.69 Å². The van der Waals surface area contributed by atoms with Gasteiger partial charge in [-0.05, 0) is 0 Å². The molecule has 3 aromatic heterocycles. The minimum absolute atomic E-state index is 0.375. The van der Waals surface area contributed by atoms with Crippen LogP contribution in [0.25, 0.3) is 20.6 Å². The van der Waals surface area contributed by atoms with Crippen LogP contribution in [-0.4, -0.2) is 19.9 Å². The lowest BCUT2D eigenvalue weighted by Crippen LogP contribution is -2.20. The highest BCUT2D eigenvalue weighted by molar-refractivity contribution is 7.25. The Bertz CT molecular complexity index is 731. The summed E-state index contributed by atoms with van der Waals surface area (Å²) >= 11 is 1.25. The van der Waals surface area contributed by atoms with Crippen LogP contribution in [0, 0.1) is 0 Å². The SMILES string of the molecule is O=c1[nH]c(=O)c2sc3nc[nH]c3c2[nH]1. The second-order valence-corrected chi connectivity index (χ2v) is 3.80. The number of hydrogen-bond acceptors (Lipinski definition) is 4. The lowest BCUT2D eigenvalue weighted by molar-refractivity contribution is 1.09. The highest BCUT2D eigenvalue weighted by Crippen LogP contribution is 2.25. The van der Waals surface area contributed by atoms with E-state index in [9.17, 15) is 9.59 Å². The maximum absolute atomic E-state index is 11.4. The van der Waals surface area contributed by atoms with E-state index in [4.69, 9.17) is 0 Å². The van der Waals surface area contributed by atoms with Crippen LogP contribution >= 0.6 is 11.3 Å². The van der Waals surface area contributed by atoms with Gasteiger partial charge in [0, 0.05) is 0 Å². The number of thiophene rings is 1.